The van der Waals surface area contributed by atoms with Crippen molar-refractivity contribution in [2.24, 2.45) is 46.3 Å². The van der Waals surface area contributed by atoms with Gasteiger partial charge in [0.1, 0.15) is 12.2 Å². The van der Waals surface area contributed by atoms with Crippen LogP contribution in [0.25, 0.3) is 0 Å². The topological polar surface area (TPSA) is 116 Å². The van der Waals surface area contributed by atoms with Crippen LogP contribution >= 0.6 is 23.2 Å². The maximum Gasteiger partial charge on any atom is 0.490 e. The fourth-order valence-electron chi connectivity index (χ4n) is 10.2. The Labute approximate surface area is 288 Å². The number of rotatable bonds is 7. The molecule has 0 spiro atoms. The highest BCUT2D eigenvalue weighted by atomic mass is 35.5. The average molecular weight is 720 g/mol. The SMILES string of the molecule is CC(=O)O[C@@H]1CC[C@@]2(C)[C@@H](C1)C[C@@H](OC(=O)C(F)(F)F)[C@@H]1[C@@H]2C[C@H](O)[C@]2(C)[C@@H]([C@H](C)CCC(=O)OC(=O)c3c(Cl)cccc3Cl)CC[C@@H]12. The van der Waals surface area contributed by atoms with Gasteiger partial charge in [-0.1, -0.05) is 50.0 Å². The summed E-state index contributed by atoms with van der Waals surface area (Å²) in [5, 5.41) is 12.0. The molecule has 48 heavy (non-hydrogen) atoms. The van der Waals surface area contributed by atoms with Crippen molar-refractivity contribution in [3.8, 4) is 0 Å². The Morgan fingerprint density at radius 1 is 1.00 bits per heavy atom. The summed E-state index contributed by atoms with van der Waals surface area (Å²) < 4.78 is 56.5. The van der Waals surface area contributed by atoms with Crippen LogP contribution in [0, 0.1) is 46.3 Å². The number of hydrogen-bond donors (Lipinski definition) is 1. The van der Waals surface area contributed by atoms with Gasteiger partial charge in [-0.2, -0.15) is 13.2 Å². The van der Waals surface area contributed by atoms with Gasteiger partial charge in [-0.25, -0.2) is 9.59 Å². The Morgan fingerprint density at radius 2 is 1.67 bits per heavy atom. The lowest BCUT2D eigenvalue weighted by Gasteiger charge is -2.64. The van der Waals surface area contributed by atoms with E-state index in [1.165, 1.54) is 19.1 Å². The number of aliphatic hydroxyl groups excluding tert-OH is 1. The predicted molar refractivity (Wildman–Crippen MR) is 169 cm³/mol. The standard InChI is InChI=1S/C35H43Cl2F3O8/c1-17(8-11-28(43)48-31(44)30-24(36)6-5-7-25(30)37)21-9-10-22-29-23(16-27(42)34(21,22)4)33(3)13-12-20(46-18(2)41)14-19(33)15-26(29)47-32(45)35(38,39)40/h5-7,17,19-23,26-27,29,42H,8-16H2,1-4H3/t17-,19+,20-,21-,22+,23+,26-,27+,29+,33+,34-/m1/s1. The third kappa shape index (κ3) is 6.84. The predicted octanol–water partition coefficient (Wildman–Crippen LogP) is 7.74. The van der Waals surface area contributed by atoms with Gasteiger partial charge in [-0.3, -0.25) is 9.59 Å². The average Bonchev–Trinajstić information content (AvgIpc) is 3.34. The van der Waals surface area contributed by atoms with Gasteiger partial charge in [-0.05, 0) is 104 Å². The van der Waals surface area contributed by atoms with Crippen LogP contribution in [0.4, 0.5) is 13.2 Å². The molecular weight excluding hydrogens is 676 g/mol. The fraction of sp³-hybridized carbons (Fsp3) is 0.714. The molecular formula is C35H43Cl2F3O8. The Bertz CT molecular complexity index is 1420. The van der Waals surface area contributed by atoms with Crippen LogP contribution in [0.2, 0.25) is 10.0 Å². The summed E-state index contributed by atoms with van der Waals surface area (Å²) in [6, 6.07) is 4.49. The summed E-state index contributed by atoms with van der Waals surface area (Å²) in [7, 11) is 0. The first-order valence-corrected chi connectivity index (χ1v) is 17.5. The molecule has 0 amide bonds. The minimum absolute atomic E-state index is 0.0581. The van der Waals surface area contributed by atoms with E-state index in [2.05, 4.69) is 6.92 Å². The summed E-state index contributed by atoms with van der Waals surface area (Å²) >= 11 is 12.1. The molecule has 0 saturated heterocycles. The maximum absolute atomic E-state index is 13.5. The third-order valence-electron chi connectivity index (χ3n) is 12.5. The van der Waals surface area contributed by atoms with Crippen molar-refractivity contribution in [3.63, 3.8) is 0 Å². The molecule has 0 heterocycles. The monoisotopic (exact) mass is 718 g/mol. The van der Waals surface area contributed by atoms with Crippen LogP contribution in [0.1, 0.15) is 95.8 Å². The molecule has 11 atom stereocenters. The van der Waals surface area contributed by atoms with Gasteiger partial charge in [-0.15, -0.1) is 0 Å². The van der Waals surface area contributed by atoms with E-state index in [-0.39, 0.29) is 69.6 Å². The lowest BCUT2D eigenvalue weighted by atomic mass is 9.43. The lowest BCUT2D eigenvalue weighted by molar-refractivity contribution is -0.238. The van der Waals surface area contributed by atoms with E-state index < -0.39 is 53.6 Å². The van der Waals surface area contributed by atoms with Gasteiger partial charge in [0.25, 0.3) is 0 Å². The molecule has 5 rings (SSSR count). The Morgan fingerprint density at radius 3 is 2.29 bits per heavy atom. The molecule has 8 nitrogen and oxygen atoms in total. The number of esters is 4. The highest BCUT2D eigenvalue weighted by molar-refractivity contribution is 6.39. The molecule has 266 valence electrons. The van der Waals surface area contributed by atoms with E-state index >= 15 is 0 Å². The molecule has 0 bridgehead atoms. The highest BCUT2D eigenvalue weighted by Gasteiger charge is 2.67. The Kier molecular flexibility index (Phi) is 10.6. The number of halogens is 5. The second-order valence-electron chi connectivity index (χ2n) is 14.9. The number of carbonyl (C=O) groups is 4. The molecule has 1 aromatic carbocycles. The van der Waals surface area contributed by atoms with Gasteiger partial charge in [0, 0.05) is 19.3 Å². The number of aliphatic hydroxyl groups is 1. The minimum Gasteiger partial charge on any atom is -0.463 e. The molecule has 4 aliphatic carbocycles. The smallest absolute Gasteiger partial charge is 0.463 e. The van der Waals surface area contributed by atoms with Gasteiger partial charge in [0.05, 0.1) is 21.7 Å². The van der Waals surface area contributed by atoms with Crippen molar-refractivity contribution in [2.75, 3.05) is 0 Å². The third-order valence-corrected chi connectivity index (χ3v) is 13.1. The zero-order valence-electron chi connectivity index (χ0n) is 27.5. The molecule has 1 N–H and O–H groups in total. The number of fused-ring (bicyclic) bond motifs is 5. The molecule has 4 aliphatic rings. The van der Waals surface area contributed by atoms with Crippen LogP contribution in [0.5, 0.6) is 0 Å². The van der Waals surface area contributed by atoms with Crippen LogP contribution in [0.3, 0.4) is 0 Å². The van der Waals surface area contributed by atoms with Gasteiger partial charge >= 0.3 is 30.1 Å². The summed E-state index contributed by atoms with van der Waals surface area (Å²) in [5.41, 5.74) is -1.17. The largest absolute Gasteiger partial charge is 0.490 e. The minimum atomic E-state index is -5.15. The Balaban J connectivity index is 1.34. The van der Waals surface area contributed by atoms with Crippen molar-refractivity contribution >= 4 is 47.1 Å². The number of carbonyl (C=O) groups excluding carboxylic acids is 4. The maximum atomic E-state index is 13.5. The van der Waals surface area contributed by atoms with Crippen LogP contribution in [-0.2, 0) is 28.6 Å². The van der Waals surface area contributed by atoms with E-state index in [9.17, 15) is 37.5 Å². The van der Waals surface area contributed by atoms with Crippen molar-refractivity contribution in [1.29, 1.82) is 0 Å². The van der Waals surface area contributed by atoms with Crippen molar-refractivity contribution in [3.05, 3.63) is 33.8 Å². The van der Waals surface area contributed by atoms with Gasteiger partial charge in [0.2, 0.25) is 0 Å². The van der Waals surface area contributed by atoms with Crippen molar-refractivity contribution in [1.82, 2.24) is 0 Å². The summed E-state index contributed by atoms with van der Waals surface area (Å²) in [4.78, 5) is 49.3. The first-order chi connectivity index (χ1) is 22.4. The highest BCUT2D eigenvalue weighted by Crippen LogP contribution is 2.69. The molecule has 1 aromatic rings. The number of ether oxygens (including phenoxy) is 3. The summed E-state index contributed by atoms with van der Waals surface area (Å²) in [5.74, 6) is -5.55. The van der Waals surface area contributed by atoms with Crippen molar-refractivity contribution in [2.45, 2.75) is 110 Å². The normalized spacial score (nSPS) is 36.5. The van der Waals surface area contributed by atoms with E-state index in [4.69, 9.17) is 37.4 Å². The van der Waals surface area contributed by atoms with Gasteiger partial charge in [0.15, 0.2) is 0 Å². The van der Waals surface area contributed by atoms with Crippen molar-refractivity contribution < 1.29 is 51.7 Å². The van der Waals surface area contributed by atoms with E-state index in [0.29, 0.717) is 44.9 Å². The lowest BCUT2D eigenvalue weighted by Crippen LogP contribution is -2.63. The second-order valence-corrected chi connectivity index (χ2v) is 15.7. The number of hydrogen-bond acceptors (Lipinski definition) is 8. The molecule has 0 unspecified atom stereocenters. The van der Waals surface area contributed by atoms with E-state index in [1.807, 2.05) is 13.8 Å². The first kappa shape index (κ1) is 36.9. The fourth-order valence-corrected chi connectivity index (χ4v) is 10.8. The molecule has 4 saturated carbocycles. The number of benzene rings is 1. The zero-order chi connectivity index (χ0) is 35.3. The summed E-state index contributed by atoms with van der Waals surface area (Å²) in [6.07, 6.45) is -3.46. The molecule has 0 radical (unpaired) electrons. The number of alkyl halides is 3. The molecule has 4 fully saturated rings. The molecule has 0 aliphatic heterocycles. The van der Waals surface area contributed by atoms with E-state index in [1.54, 1.807) is 6.07 Å². The summed E-state index contributed by atoms with van der Waals surface area (Å²) in [6.45, 7) is 7.39. The van der Waals surface area contributed by atoms with Crippen LogP contribution in [-0.4, -0.2) is 53.5 Å². The van der Waals surface area contributed by atoms with Crippen LogP contribution < -0.4 is 0 Å². The first-order valence-electron chi connectivity index (χ1n) is 16.7. The quantitative estimate of drug-likeness (QED) is 0.173. The second kappa shape index (κ2) is 13.7. The van der Waals surface area contributed by atoms with E-state index in [0.717, 1.165) is 0 Å². The Hall–Kier alpha value is -2.37. The van der Waals surface area contributed by atoms with Crippen LogP contribution in [0.15, 0.2) is 18.2 Å². The molecule has 0 aromatic heterocycles. The zero-order valence-corrected chi connectivity index (χ0v) is 29.0. The van der Waals surface area contributed by atoms with Gasteiger partial charge < -0.3 is 19.3 Å². The molecule has 13 heteroatoms.